The number of amides is 1. The molecule has 0 saturated heterocycles. The van der Waals surface area contributed by atoms with Crippen molar-refractivity contribution >= 4 is 28.5 Å². The van der Waals surface area contributed by atoms with Gasteiger partial charge in [0.2, 0.25) is 5.91 Å². The Kier molecular flexibility index (Phi) is 3.90. The number of aromatic nitrogens is 2. The Morgan fingerprint density at radius 3 is 3.00 bits per heavy atom. The van der Waals surface area contributed by atoms with E-state index >= 15 is 0 Å². The average Bonchev–Trinajstić information content (AvgIpc) is 3.04. The predicted molar refractivity (Wildman–Crippen MR) is 84.7 cm³/mol. The van der Waals surface area contributed by atoms with Crippen LogP contribution < -0.4 is 5.32 Å². The third-order valence-electron chi connectivity index (χ3n) is 3.37. The van der Waals surface area contributed by atoms with E-state index in [2.05, 4.69) is 10.4 Å². The average molecular weight is 318 g/mol. The number of carbonyl (C=O) groups is 1. The molecule has 0 fully saturated rings. The van der Waals surface area contributed by atoms with Crippen molar-refractivity contribution in [1.29, 1.82) is 0 Å². The molecule has 0 unspecified atom stereocenters. The van der Waals surface area contributed by atoms with E-state index in [0.29, 0.717) is 10.8 Å². The first-order chi connectivity index (χ1) is 10.5. The standard InChI is InChI=1S/C16H16ClN3O2/c1-10-7-18-20(8-10)9-16(21)19-11(2)15-6-12-5-13(17)3-4-14(12)22-15/h3-8,11H,9H2,1-2H3,(H,19,21)/t11-/m1/s1. The van der Waals surface area contributed by atoms with Gasteiger partial charge in [0.05, 0.1) is 12.2 Å². The molecule has 1 amide bonds. The van der Waals surface area contributed by atoms with Gasteiger partial charge in [0.25, 0.3) is 0 Å². The number of benzene rings is 1. The van der Waals surface area contributed by atoms with E-state index in [4.69, 9.17) is 16.0 Å². The van der Waals surface area contributed by atoms with Gasteiger partial charge in [0.15, 0.2) is 0 Å². The molecule has 1 atom stereocenters. The van der Waals surface area contributed by atoms with Crippen molar-refractivity contribution in [3.8, 4) is 0 Å². The molecule has 0 spiro atoms. The summed E-state index contributed by atoms with van der Waals surface area (Å²) in [6.45, 7) is 4.00. The minimum Gasteiger partial charge on any atom is -0.459 e. The molecule has 1 N–H and O–H groups in total. The molecule has 114 valence electrons. The highest BCUT2D eigenvalue weighted by molar-refractivity contribution is 6.31. The molecule has 2 aromatic heterocycles. The number of rotatable bonds is 4. The Bertz CT molecular complexity index is 822. The number of hydrogen-bond donors (Lipinski definition) is 1. The zero-order valence-electron chi connectivity index (χ0n) is 12.3. The Hall–Kier alpha value is -2.27. The normalized spacial score (nSPS) is 12.5. The van der Waals surface area contributed by atoms with E-state index in [-0.39, 0.29) is 18.5 Å². The second kappa shape index (κ2) is 5.85. The van der Waals surface area contributed by atoms with Crippen LogP contribution in [0.2, 0.25) is 5.02 Å². The molecule has 22 heavy (non-hydrogen) atoms. The second-order valence-corrected chi connectivity index (χ2v) is 5.77. The molecule has 0 aliphatic heterocycles. The summed E-state index contributed by atoms with van der Waals surface area (Å²) in [5.74, 6) is 0.580. The fourth-order valence-corrected chi connectivity index (χ4v) is 2.49. The number of carbonyl (C=O) groups excluding carboxylic acids is 1. The predicted octanol–water partition coefficient (Wildman–Crippen LogP) is 3.47. The molecule has 0 aliphatic rings. The van der Waals surface area contributed by atoms with Crippen LogP contribution in [0.4, 0.5) is 0 Å². The fraction of sp³-hybridized carbons (Fsp3) is 0.250. The molecule has 5 nitrogen and oxygen atoms in total. The smallest absolute Gasteiger partial charge is 0.242 e. The second-order valence-electron chi connectivity index (χ2n) is 5.34. The number of fused-ring (bicyclic) bond motifs is 1. The molecule has 2 heterocycles. The summed E-state index contributed by atoms with van der Waals surface area (Å²) < 4.78 is 7.35. The zero-order chi connectivity index (χ0) is 15.7. The number of halogens is 1. The van der Waals surface area contributed by atoms with Gasteiger partial charge in [0.1, 0.15) is 17.9 Å². The van der Waals surface area contributed by atoms with Gasteiger partial charge >= 0.3 is 0 Å². The van der Waals surface area contributed by atoms with Crippen molar-refractivity contribution in [2.75, 3.05) is 0 Å². The molecule has 0 bridgehead atoms. The van der Waals surface area contributed by atoms with Gasteiger partial charge in [-0.1, -0.05) is 11.6 Å². The van der Waals surface area contributed by atoms with Crippen LogP contribution in [-0.2, 0) is 11.3 Å². The maximum atomic E-state index is 12.0. The quantitative estimate of drug-likeness (QED) is 0.801. The largest absolute Gasteiger partial charge is 0.459 e. The fourth-order valence-electron chi connectivity index (χ4n) is 2.31. The Morgan fingerprint density at radius 1 is 1.45 bits per heavy atom. The lowest BCUT2D eigenvalue weighted by Gasteiger charge is -2.11. The van der Waals surface area contributed by atoms with Crippen molar-refractivity contribution in [3.63, 3.8) is 0 Å². The molecule has 0 saturated carbocycles. The van der Waals surface area contributed by atoms with Crippen LogP contribution in [0.1, 0.15) is 24.3 Å². The van der Waals surface area contributed by atoms with Crippen molar-refractivity contribution in [2.24, 2.45) is 0 Å². The molecule has 0 radical (unpaired) electrons. The van der Waals surface area contributed by atoms with Crippen LogP contribution in [0.25, 0.3) is 11.0 Å². The Balaban J connectivity index is 1.69. The van der Waals surface area contributed by atoms with Crippen LogP contribution in [0.5, 0.6) is 0 Å². The minimum atomic E-state index is -0.227. The van der Waals surface area contributed by atoms with E-state index in [1.54, 1.807) is 16.9 Å². The van der Waals surface area contributed by atoms with E-state index in [0.717, 1.165) is 16.5 Å². The third kappa shape index (κ3) is 3.14. The van der Waals surface area contributed by atoms with Crippen molar-refractivity contribution in [3.05, 3.63) is 53.0 Å². The van der Waals surface area contributed by atoms with Crippen molar-refractivity contribution in [1.82, 2.24) is 15.1 Å². The van der Waals surface area contributed by atoms with Gasteiger partial charge in [-0.3, -0.25) is 9.48 Å². The van der Waals surface area contributed by atoms with Crippen LogP contribution in [-0.4, -0.2) is 15.7 Å². The lowest BCUT2D eigenvalue weighted by atomic mass is 10.2. The first-order valence-electron chi connectivity index (χ1n) is 6.98. The molecular formula is C16H16ClN3O2. The summed E-state index contributed by atoms with van der Waals surface area (Å²) >= 11 is 5.96. The highest BCUT2D eigenvalue weighted by Crippen LogP contribution is 2.26. The molecule has 3 rings (SSSR count). The van der Waals surface area contributed by atoms with E-state index < -0.39 is 0 Å². The van der Waals surface area contributed by atoms with E-state index in [1.807, 2.05) is 38.2 Å². The van der Waals surface area contributed by atoms with Gasteiger partial charge < -0.3 is 9.73 Å². The lowest BCUT2D eigenvalue weighted by Crippen LogP contribution is -2.30. The summed E-state index contributed by atoms with van der Waals surface area (Å²) in [6.07, 6.45) is 3.55. The van der Waals surface area contributed by atoms with E-state index in [9.17, 15) is 4.79 Å². The van der Waals surface area contributed by atoms with E-state index in [1.165, 1.54) is 0 Å². The van der Waals surface area contributed by atoms with Crippen LogP contribution in [0.15, 0.2) is 41.1 Å². The zero-order valence-corrected chi connectivity index (χ0v) is 13.1. The van der Waals surface area contributed by atoms with Crippen LogP contribution in [0, 0.1) is 6.92 Å². The number of nitrogens with zero attached hydrogens (tertiary/aromatic N) is 2. The summed E-state index contributed by atoms with van der Waals surface area (Å²) in [6, 6.07) is 7.10. The first-order valence-corrected chi connectivity index (χ1v) is 7.36. The monoisotopic (exact) mass is 317 g/mol. The molecule has 6 heteroatoms. The van der Waals surface area contributed by atoms with Gasteiger partial charge in [-0.15, -0.1) is 0 Å². The summed E-state index contributed by atoms with van der Waals surface area (Å²) in [5.41, 5.74) is 1.78. The maximum Gasteiger partial charge on any atom is 0.242 e. The van der Waals surface area contributed by atoms with Crippen molar-refractivity contribution < 1.29 is 9.21 Å². The molecule has 0 aliphatic carbocycles. The topological polar surface area (TPSA) is 60.1 Å². The third-order valence-corrected chi connectivity index (χ3v) is 3.60. The molecule has 1 aromatic carbocycles. The Morgan fingerprint density at radius 2 is 2.27 bits per heavy atom. The summed E-state index contributed by atoms with van der Waals surface area (Å²) in [4.78, 5) is 12.0. The number of furan rings is 1. The molecular weight excluding hydrogens is 302 g/mol. The van der Waals surface area contributed by atoms with Gasteiger partial charge in [-0.2, -0.15) is 5.10 Å². The minimum absolute atomic E-state index is 0.117. The summed E-state index contributed by atoms with van der Waals surface area (Å²) in [7, 11) is 0. The van der Waals surface area contributed by atoms with Gasteiger partial charge in [-0.25, -0.2) is 0 Å². The van der Waals surface area contributed by atoms with Crippen molar-refractivity contribution in [2.45, 2.75) is 26.4 Å². The number of aryl methyl sites for hydroxylation is 1. The van der Waals surface area contributed by atoms with Crippen LogP contribution in [0.3, 0.4) is 0 Å². The Labute approximate surface area is 132 Å². The number of nitrogens with one attached hydrogen (secondary N) is 1. The highest BCUT2D eigenvalue weighted by Gasteiger charge is 2.15. The highest BCUT2D eigenvalue weighted by atomic mass is 35.5. The maximum absolute atomic E-state index is 12.0. The molecule has 3 aromatic rings. The van der Waals surface area contributed by atoms with Crippen LogP contribution >= 0.6 is 11.6 Å². The lowest BCUT2D eigenvalue weighted by molar-refractivity contribution is -0.122. The summed E-state index contributed by atoms with van der Waals surface area (Å²) in [5, 5.41) is 8.58. The number of hydrogen-bond acceptors (Lipinski definition) is 3. The van der Waals surface area contributed by atoms with Gasteiger partial charge in [-0.05, 0) is 43.7 Å². The SMILES string of the molecule is Cc1cnn(CC(=O)N[C@H](C)c2cc3cc(Cl)ccc3o2)c1. The first kappa shape index (κ1) is 14.7. The van der Waals surface area contributed by atoms with Gasteiger partial charge in [0, 0.05) is 16.6 Å².